The molecule has 108 valence electrons. The smallest absolute Gasteiger partial charge is 0.0637 e. The molecular formula is C15H21ClN4. The zero-order valence-corrected chi connectivity index (χ0v) is 13.0. The van der Waals surface area contributed by atoms with Gasteiger partial charge >= 0.3 is 0 Å². The SMILES string of the molecule is CCCNC(Cc1cc(C)nn1C)c1ccncc1Cl. The summed E-state index contributed by atoms with van der Waals surface area (Å²) >= 11 is 6.28. The Balaban J connectivity index is 2.24. The standard InChI is InChI=1S/C15H21ClN4/c1-4-6-18-15(13-5-7-17-10-14(13)16)9-12-8-11(2)19-20(12)3/h5,7-8,10,15,18H,4,6,9H2,1-3H3. The predicted octanol–water partition coefficient (Wildman–Crippen LogP) is 3.06. The second kappa shape index (κ2) is 6.86. The first-order valence-corrected chi connectivity index (χ1v) is 7.32. The fourth-order valence-corrected chi connectivity index (χ4v) is 2.59. The van der Waals surface area contributed by atoms with Crippen molar-refractivity contribution in [2.45, 2.75) is 32.7 Å². The molecule has 0 spiro atoms. The largest absolute Gasteiger partial charge is 0.310 e. The minimum absolute atomic E-state index is 0.181. The molecule has 0 aliphatic carbocycles. The average molecular weight is 293 g/mol. The van der Waals surface area contributed by atoms with Gasteiger partial charge in [-0.25, -0.2) is 0 Å². The second-order valence-corrected chi connectivity index (χ2v) is 5.42. The summed E-state index contributed by atoms with van der Waals surface area (Å²) in [4.78, 5) is 4.06. The average Bonchev–Trinajstić information content (AvgIpc) is 2.73. The first-order valence-electron chi connectivity index (χ1n) is 6.94. The number of nitrogens with one attached hydrogen (secondary N) is 1. The van der Waals surface area contributed by atoms with Crippen molar-refractivity contribution in [1.82, 2.24) is 20.1 Å². The van der Waals surface area contributed by atoms with Gasteiger partial charge in [0.25, 0.3) is 0 Å². The summed E-state index contributed by atoms with van der Waals surface area (Å²) < 4.78 is 1.94. The van der Waals surface area contributed by atoms with E-state index in [1.165, 1.54) is 5.69 Å². The molecule has 0 aromatic carbocycles. The van der Waals surface area contributed by atoms with Crippen LogP contribution in [0.1, 0.15) is 36.3 Å². The summed E-state index contributed by atoms with van der Waals surface area (Å²) in [5.41, 5.74) is 3.33. The van der Waals surface area contributed by atoms with E-state index in [0.717, 1.165) is 30.6 Å². The van der Waals surface area contributed by atoms with Crippen molar-refractivity contribution in [2.75, 3.05) is 6.54 Å². The van der Waals surface area contributed by atoms with Crippen molar-refractivity contribution in [1.29, 1.82) is 0 Å². The van der Waals surface area contributed by atoms with Crippen molar-refractivity contribution in [3.63, 3.8) is 0 Å². The molecule has 0 amide bonds. The third kappa shape index (κ3) is 3.58. The zero-order valence-electron chi connectivity index (χ0n) is 12.2. The number of hydrogen-bond acceptors (Lipinski definition) is 3. The van der Waals surface area contributed by atoms with Gasteiger partial charge in [-0.1, -0.05) is 18.5 Å². The van der Waals surface area contributed by atoms with Crippen molar-refractivity contribution in [3.8, 4) is 0 Å². The van der Waals surface area contributed by atoms with Gasteiger partial charge in [0.15, 0.2) is 0 Å². The third-order valence-corrected chi connectivity index (χ3v) is 3.65. The van der Waals surface area contributed by atoms with Crippen LogP contribution < -0.4 is 5.32 Å². The fraction of sp³-hybridized carbons (Fsp3) is 0.467. The molecule has 1 atom stereocenters. The molecule has 1 N–H and O–H groups in total. The maximum Gasteiger partial charge on any atom is 0.0637 e. The van der Waals surface area contributed by atoms with E-state index in [-0.39, 0.29) is 6.04 Å². The van der Waals surface area contributed by atoms with Gasteiger partial charge in [-0.15, -0.1) is 0 Å². The number of hydrogen-bond donors (Lipinski definition) is 1. The number of aromatic nitrogens is 3. The molecule has 0 fully saturated rings. The highest BCUT2D eigenvalue weighted by molar-refractivity contribution is 6.31. The van der Waals surface area contributed by atoms with Gasteiger partial charge in [0.2, 0.25) is 0 Å². The Morgan fingerprint density at radius 1 is 1.45 bits per heavy atom. The molecular weight excluding hydrogens is 272 g/mol. The summed E-state index contributed by atoms with van der Waals surface area (Å²) in [5, 5.41) is 8.67. The Bertz CT molecular complexity index is 565. The first kappa shape index (κ1) is 15.0. The fourth-order valence-electron chi connectivity index (χ4n) is 2.34. The minimum Gasteiger partial charge on any atom is -0.310 e. The van der Waals surface area contributed by atoms with E-state index in [9.17, 15) is 0 Å². The molecule has 2 aromatic heterocycles. The van der Waals surface area contributed by atoms with Crippen molar-refractivity contribution in [3.05, 3.63) is 46.5 Å². The van der Waals surface area contributed by atoms with E-state index >= 15 is 0 Å². The van der Waals surface area contributed by atoms with Crippen molar-refractivity contribution in [2.24, 2.45) is 7.05 Å². The lowest BCUT2D eigenvalue weighted by atomic mass is 10.0. The molecule has 0 radical (unpaired) electrons. The number of pyridine rings is 1. The predicted molar refractivity (Wildman–Crippen MR) is 81.9 cm³/mol. The lowest BCUT2D eigenvalue weighted by Gasteiger charge is -2.20. The Kier molecular flexibility index (Phi) is 5.15. The van der Waals surface area contributed by atoms with Gasteiger partial charge in [0.05, 0.1) is 10.7 Å². The maximum absolute atomic E-state index is 6.28. The van der Waals surface area contributed by atoms with Crippen LogP contribution in [-0.2, 0) is 13.5 Å². The molecule has 1 unspecified atom stereocenters. The van der Waals surface area contributed by atoms with E-state index in [4.69, 9.17) is 11.6 Å². The molecule has 20 heavy (non-hydrogen) atoms. The number of rotatable bonds is 6. The van der Waals surface area contributed by atoms with Crippen LogP contribution in [-0.4, -0.2) is 21.3 Å². The molecule has 2 heterocycles. The van der Waals surface area contributed by atoms with E-state index in [1.807, 2.05) is 24.7 Å². The highest BCUT2D eigenvalue weighted by Crippen LogP contribution is 2.25. The van der Waals surface area contributed by atoms with Crippen LogP contribution in [0.15, 0.2) is 24.5 Å². The Morgan fingerprint density at radius 2 is 2.25 bits per heavy atom. The second-order valence-electron chi connectivity index (χ2n) is 5.01. The Labute approximate surface area is 125 Å². The van der Waals surface area contributed by atoms with Crippen molar-refractivity contribution >= 4 is 11.6 Å². The van der Waals surface area contributed by atoms with E-state index in [0.29, 0.717) is 5.02 Å². The Morgan fingerprint density at radius 3 is 2.85 bits per heavy atom. The summed E-state index contributed by atoms with van der Waals surface area (Å²) in [6.07, 6.45) is 5.44. The number of halogens is 1. The highest BCUT2D eigenvalue weighted by atomic mass is 35.5. The molecule has 0 aliphatic rings. The molecule has 0 saturated carbocycles. The molecule has 0 aliphatic heterocycles. The summed E-state index contributed by atoms with van der Waals surface area (Å²) in [6.45, 7) is 5.13. The van der Waals surface area contributed by atoms with Crippen LogP contribution in [0.4, 0.5) is 0 Å². The van der Waals surface area contributed by atoms with Crippen LogP contribution in [0.5, 0.6) is 0 Å². The summed E-state index contributed by atoms with van der Waals surface area (Å²) in [5.74, 6) is 0. The minimum atomic E-state index is 0.181. The van der Waals surface area contributed by atoms with E-state index in [1.54, 1.807) is 12.4 Å². The third-order valence-electron chi connectivity index (χ3n) is 3.33. The van der Waals surface area contributed by atoms with Crippen molar-refractivity contribution < 1.29 is 0 Å². The lowest BCUT2D eigenvalue weighted by Crippen LogP contribution is -2.25. The molecule has 2 rings (SSSR count). The first-order chi connectivity index (χ1) is 9.61. The van der Waals surface area contributed by atoms with Crippen LogP contribution in [0.25, 0.3) is 0 Å². The van der Waals surface area contributed by atoms with Crippen LogP contribution >= 0.6 is 11.6 Å². The topological polar surface area (TPSA) is 42.7 Å². The maximum atomic E-state index is 6.28. The Hall–Kier alpha value is -1.39. The van der Waals surface area contributed by atoms with Gasteiger partial charge in [0.1, 0.15) is 0 Å². The monoisotopic (exact) mass is 292 g/mol. The quantitative estimate of drug-likeness (QED) is 0.890. The summed E-state index contributed by atoms with van der Waals surface area (Å²) in [6, 6.07) is 4.29. The molecule has 0 bridgehead atoms. The normalized spacial score (nSPS) is 12.6. The van der Waals surface area contributed by atoms with Crippen LogP contribution in [0, 0.1) is 6.92 Å². The van der Waals surface area contributed by atoms with Gasteiger partial charge < -0.3 is 5.32 Å². The van der Waals surface area contributed by atoms with E-state index < -0.39 is 0 Å². The van der Waals surface area contributed by atoms with Gasteiger partial charge in [0, 0.05) is 37.6 Å². The zero-order chi connectivity index (χ0) is 14.5. The van der Waals surface area contributed by atoms with Gasteiger partial charge in [-0.2, -0.15) is 5.10 Å². The molecule has 2 aromatic rings. The number of nitrogens with zero attached hydrogens (tertiary/aromatic N) is 3. The van der Waals surface area contributed by atoms with Crippen LogP contribution in [0.2, 0.25) is 5.02 Å². The van der Waals surface area contributed by atoms with Crippen LogP contribution in [0.3, 0.4) is 0 Å². The van der Waals surface area contributed by atoms with E-state index in [2.05, 4.69) is 28.4 Å². The van der Waals surface area contributed by atoms with Gasteiger partial charge in [-0.3, -0.25) is 9.67 Å². The highest BCUT2D eigenvalue weighted by Gasteiger charge is 2.16. The number of aryl methyl sites for hydroxylation is 2. The molecule has 5 heteroatoms. The van der Waals surface area contributed by atoms with Gasteiger partial charge in [-0.05, 0) is 37.6 Å². The molecule has 0 saturated heterocycles. The summed E-state index contributed by atoms with van der Waals surface area (Å²) in [7, 11) is 1.98. The molecule has 4 nitrogen and oxygen atoms in total. The lowest BCUT2D eigenvalue weighted by molar-refractivity contribution is 0.512.